The average molecular weight is 441 g/mol. The second kappa shape index (κ2) is 8.19. The minimum Gasteiger partial charge on any atom is -0.464 e. The summed E-state index contributed by atoms with van der Waals surface area (Å²) in [6.07, 6.45) is 3.18. The molecule has 0 radical (unpaired) electrons. The number of ether oxygens (including phenoxy) is 1. The summed E-state index contributed by atoms with van der Waals surface area (Å²) in [4.78, 5) is 28.6. The number of fused-ring (bicyclic) bond motifs is 1. The zero-order chi connectivity index (χ0) is 22.2. The van der Waals surface area contributed by atoms with Crippen LogP contribution in [-0.2, 0) is 21.1 Å². The van der Waals surface area contributed by atoms with Crippen LogP contribution < -0.4 is 10.5 Å². The van der Waals surface area contributed by atoms with Crippen molar-refractivity contribution in [2.24, 2.45) is 0 Å². The molecule has 2 heterocycles. The molecule has 162 valence electrons. The predicted molar refractivity (Wildman–Crippen MR) is 120 cm³/mol. The minimum atomic E-state index is -3.32. The number of methoxy groups -OCH3 is 1. The predicted octanol–water partition coefficient (Wildman–Crippen LogP) is 2.84. The van der Waals surface area contributed by atoms with Crippen LogP contribution >= 0.6 is 0 Å². The molecule has 1 aliphatic rings. The van der Waals surface area contributed by atoms with Crippen LogP contribution in [0.1, 0.15) is 28.9 Å². The van der Waals surface area contributed by atoms with Crippen molar-refractivity contribution in [2.75, 3.05) is 31.4 Å². The van der Waals surface area contributed by atoms with Crippen LogP contribution in [0.25, 0.3) is 10.8 Å². The van der Waals surface area contributed by atoms with Gasteiger partial charge in [-0.1, -0.05) is 30.3 Å². The standard InChI is InChI=1S/C23H24N2O5S/c1-30-23(27)21-20(24-13-5-6-14-24)18-7-3-4-8-19(18)22(26)25(21)15-16-9-11-17(12-10-16)31(2,28)29/h3-4,7-12H,5-6,13-15H2,1-2H3. The third-order valence-corrected chi connectivity index (χ3v) is 6.77. The molecule has 2 aromatic carbocycles. The van der Waals surface area contributed by atoms with Gasteiger partial charge in [0.25, 0.3) is 5.56 Å². The van der Waals surface area contributed by atoms with Crippen molar-refractivity contribution >= 4 is 32.3 Å². The first kappa shape index (κ1) is 21.1. The molecule has 0 N–H and O–H groups in total. The number of nitrogens with zero attached hydrogens (tertiary/aromatic N) is 2. The molecule has 0 spiro atoms. The molecule has 1 saturated heterocycles. The van der Waals surface area contributed by atoms with E-state index in [-0.39, 0.29) is 22.7 Å². The normalized spacial score (nSPS) is 14.2. The maximum absolute atomic E-state index is 13.4. The van der Waals surface area contributed by atoms with Gasteiger partial charge in [-0.05, 0) is 36.6 Å². The zero-order valence-electron chi connectivity index (χ0n) is 17.5. The Morgan fingerprint density at radius 1 is 1.00 bits per heavy atom. The summed E-state index contributed by atoms with van der Waals surface area (Å²) in [6, 6.07) is 13.6. The lowest BCUT2D eigenvalue weighted by atomic mass is 10.1. The third-order valence-electron chi connectivity index (χ3n) is 5.65. The van der Waals surface area contributed by atoms with Crippen molar-refractivity contribution < 1.29 is 17.9 Å². The lowest BCUT2D eigenvalue weighted by Gasteiger charge is -2.25. The Bertz CT molecular complexity index is 1300. The number of benzene rings is 2. The van der Waals surface area contributed by atoms with E-state index in [1.165, 1.54) is 23.8 Å². The van der Waals surface area contributed by atoms with Crippen molar-refractivity contribution in [2.45, 2.75) is 24.3 Å². The van der Waals surface area contributed by atoms with E-state index in [2.05, 4.69) is 4.90 Å². The topological polar surface area (TPSA) is 85.7 Å². The highest BCUT2D eigenvalue weighted by Crippen LogP contribution is 2.32. The molecule has 1 fully saturated rings. The largest absolute Gasteiger partial charge is 0.464 e. The first-order valence-electron chi connectivity index (χ1n) is 10.1. The van der Waals surface area contributed by atoms with Gasteiger partial charge in [-0.15, -0.1) is 0 Å². The summed E-state index contributed by atoms with van der Waals surface area (Å²) in [6.45, 7) is 1.73. The molecular formula is C23H24N2O5S. The summed E-state index contributed by atoms with van der Waals surface area (Å²) < 4.78 is 30.0. The second-order valence-corrected chi connectivity index (χ2v) is 9.75. The van der Waals surface area contributed by atoms with E-state index in [9.17, 15) is 18.0 Å². The molecule has 4 rings (SSSR count). The molecule has 0 amide bonds. The van der Waals surface area contributed by atoms with Crippen LogP contribution in [0.2, 0.25) is 0 Å². The Labute approximate surface area is 180 Å². The number of hydrogen-bond acceptors (Lipinski definition) is 6. The number of sulfone groups is 1. The number of esters is 1. The van der Waals surface area contributed by atoms with Gasteiger partial charge in [0.1, 0.15) is 0 Å². The Hall–Kier alpha value is -3.13. The van der Waals surface area contributed by atoms with Crippen molar-refractivity contribution in [1.29, 1.82) is 0 Å². The van der Waals surface area contributed by atoms with E-state index in [0.29, 0.717) is 16.6 Å². The SMILES string of the molecule is COC(=O)c1c(N2CCCC2)c2ccccc2c(=O)n1Cc1ccc(S(C)(=O)=O)cc1. The maximum atomic E-state index is 13.4. The average Bonchev–Trinajstić information content (AvgIpc) is 3.29. The molecule has 0 atom stereocenters. The first-order chi connectivity index (χ1) is 14.8. The number of rotatable bonds is 5. The Balaban J connectivity index is 1.94. The fourth-order valence-corrected chi connectivity index (χ4v) is 4.75. The summed E-state index contributed by atoms with van der Waals surface area (Å²) in [5.41, 5.74) is 1.36. The van der Waals surface area contributed by atoms with E-state index in [4.69, 9.17) is 4.74 Å². The molecule has 7 nitrogen and oxygen atoms in total. The number of carbonyl (C=O) groups excluding carboxylic acids is 1. The van der Waals surface area contributed by atoms with Crippen LogP contribution in [0.5, 0.6) is 0 Å². The van der Waals surface area contributed by atoms with Gasteiger partial charge >= 0.3 is 5.97 Å². The lowest BCUT2D eigenvalue weighted by molar-refractivity contribution is 0.0588. The smallest absolute Gasteiger partial charge is 0.356 e. The van der Waals surface area contributed by atoms with Crippen LogP contribution in [0.3, 0.4) is 0 Å². The first-order valence-corrected chi connectivity index (χ1v) is 12.0. The van der Waals surface area contributed by atoms with Crippen molar-refractivity contribution in [3.05, 3.63) is 70.1 Å². The molecule has 1 aromatic heterocycles. The van der Waals surface area contributed by atoms with E-state index in [1.54, 1.807) is 24.3 Å². The van der Waals surface area contributed by atoms with Crippen LogP contribution in [0.15, 0.2) is 58.2 Å². The monoisotopic (exact) mass is 440 g/mol. The zero-order valence-corrected chi connectivity index (χ0v) is 18.3. The molecule has 1 aliphatic heterocycles. The highest BCUT2D eigenvalue weighted by atomic mass is 32.2. The summed E-state index contributed by atoms with van der Waals surface area (Å²) in [5, 5.41) is 1.27. The molecule has 3 aromatic rings. The van der Waals surface area contributed by atoms with Gasteiger partial charge in [-0.3, -0.25) is 9.36 Å². The van der Waals surface area contributed by atoms with E-state index in [0.717, 1.165) is 37.6 Å². The van der Waals surface area contributed by atoms with Gasteiger partial charge < -0.3 is 9.64 Å². The van der Waals surface area contributed by atoms with Gasteiger partial charge in [-0.2, -0.15) is 0 Å². The summed E-state index contributed by atoms with van der Waals surface area (Å²) >= 11 is 0. The summed E-state index contributed by atoms with van der Waals surface area (Å²) in [7, 11) is -2.02. The fraction of sp³-hybridized carbons (Fsp3) is 0.304. The van der Waals surface area contributed by atoms with Gasteiger partial charge in [0.15, 0.2) is 15.5 Å². The molecule has 8 heteroatoms. The minimum absolute atomic E-state index is 0.124. The number of pyridine rings is 1. The number of hydrogen-bond donors (Lipinski definition) is 0. The van der Waals surface area contributed by atoms with Gasteiger partial charge in [-0.25, -0.2) is 13.2 Å². The molecule has 0 aliphatic carbocycles. The number of carbonyl (C=O) groups is 1. The Morgan fingerprint density at radius 3 is 2.19 bits per heavy atom. The highest BCUT2D eigenvalue weighted by Gasteiger charge is 2.28. The van der Waals surface area contributed by atoms with Gasteiger partial charge in [0, 0.05) is 30.1 Å². The van der Waals surface area contributed by atoms with Crippen molar-refractivity contribution in [1.82, 2.24) is 4.57 Å². The quantitative estimate of drug-likeness (QED) is 0.567. The van der Waals surface area contributed by atoms with Crippen LogP contribution in [-0.4, -0.2) is 45.4 Å². The Morgan fingerprint density at radius 2 is 1.61 bits per heavy atom. The van der Waals surface area contributed by atoms with Crippen LogP contribution in [0.4, 0.5) is 5.69 Å². The number of anilines is 1. The van der Waals surface area contributed by atoms with Gasteiger partial charge in [0.2, 0.25) is 0 Å². The van der Waals surface area contributed by atoms with E-state index in [1.807, 2.05) is 12.1 Å². The molecule has 0 bridgehead atoms. The van der Waals surface area contributed by atoms with E-state index >= 15 is 0 Å². The maximum Gasteiger partial charge on any atom is 0.356 e. The van der Waals surface area contributed by atoms with E-state index < -0.39 is 15.8 Å². The second-order valence-electron chi connectivity index (χ2n) is 7.74. The third kappa shape index (κ3) is 3.95. The summed E-state index contributed by atoms with van der Waals surface area (Å²) in [5.74, 6) is -0.572. The van der Waals surface area contributed by atoms with Crippen molar-refractivity contribution in [3.63, 3.8) is 0 Å². The Kier molecular flexibility index (Phi) is 5.58. The molecule has 31 heavy (non-hydrogen) atoms. The van der Waals surface area contributed by atoms with Gasteiger partial charge in [0.05, 0.1) is 24.2 Å². The highest BCUT2D eigenvalue weighted by molar-refractivity contribution is 7.90. The van der Waals surface area contributed by atoms with Crippen molar-refractivity contribution in [3.8, 4) is 0 Å². The fourth-order valence-electron chi connectivity index (χ4n) is 4.12. The molecule has 0 unspecified atom stereocenters. The lowest BCUT2D eigenvalue weighted by Crippen LogP contribution is -2.32. The number of aromatic nitrogens is 1. The molecule has 0 saturated carbocycles. The molecular weight excluding hydrogens is 416 g/mol. The van der Waals surface area contributed by atoms with Crippen LogP contribution in [0, 0.1) is 0 Å².